The maximum absolute atomic E-state index is 10.9. The van der Waals surface area contributed by atoms with E-state index in [2.05, 4.69) is 10.2 Å². The summed E-state index contributed by atoms with van der Waals surface area (Å²) >= 11 is 0. The first-order valence-corrected chi connectivity index (χ1v) is 4.23. The zero-order chi connectivity index (χ0) is 10.1. The van der Waals surface area contributed by atoms with E-state index in [1.165, 1.54) is 0 Å². The molecule has 0 aromatic carbocycles. The van der Waals surface area contributed by atoms with Crippen LogP contribution in [0.25, 0.3) is 5.82 Å². The van der Waals surface area contributed by atoms with Crippen LogP contribution in [0.4, 0.5) is 0 Å². The van der Waals surface area contributed by atoms with E-state index in [1.54, 1.807) is 41.8 Å². The van der Waals surface area contributed by atoms with Gasteiger partial charge < -0.3 is 0 Å². The van der Waals surface area contributed by atoms with Gasteiger partial charge in [-0.2, -0.15) is 10.2 Å². The molecule has 0 aliphatic carbocycles. The number of rotatable bonds is 2. The van der Waals surface area contributed by atoms with Gasteiger partial charge in [0.25, 0.3) is 0 Å². The summed E-state index contributed by atoms with van der Waals surface area (Å²) in [6.07, 6.45) is 4.25. The van der Waals surface area contributed by atoms with Crippen LogP contribution in [-0.4, -0.2) is 25.8 Å². The molecule has 0 bridgehead atoms. The lowest BCUT2D eigenvalue weighted by molar-refractivity contribution is 0.112. The van der Waals surface area contributed by atoms with E-state index < -0.39 is 0 Å². The first-order chi connectivity index (χ1) is 6.74. The SMILES string of the molecule is Cc1nn(C)c(-n2cccn2)c1C=O. The van der Waals surface area contributed by atoms with Crippen molar-refractivity contribution in [2.45, 2.75) is 6.92 Å². The fraction of sp³-hybridized carbons (Fsp3) is 0.222. The van der Waals surface area contributed by atoms with Gasteiger partial charge in [-0.25, -0.2) is 4.68 Å². The van der Waals surface area contributed by atoms with Crippen molar-refractivity contribution in [3.8, 4) is 5.82 Å². The van der Waals surface area contributed by atoms with Crippen LogP contribution in [0.1, 0.15) is 16.1 Å². The van der Waals surface area contributed by atoms with Gasteiger partial charge in [0.15, 0.2) is 12.1 Å². The zero-order valence-electron chi connectivity index (χ0n) is 8.01. The van der Waals surface area contributed by atoms with Crippen LogP contribution in [0.15, 0.2) is 18.5 Å². The standard InChI is InChI=1S/C9H10N4O/c1-7-8(6-14)9(12(2)11-7)13-5-3-4-10-13/h3-6H,1-2H3. The Balaban J connectivity index is 2.68. The Kier molecular flexibility index (Phi) is 1.92. The predicted molar refractivity (Wildman–Crippen MR) is 50.5 cm³/mol. The van der Waals surface area contributed by atoms with Crippen molar-refractivity contribution in [2.75, 3.05) is 0 Å². The Morgan fingerprint density at radius 3 is 2.86 bits per heavy atom. The summed E-state index contributed by atoms with van der Waals surface area (Å²) in [5.41, 5.74) is 1.30. The third kappa shape index (κ3) is 1.14. The number of carbonyl (C=O) groups excluding carboxylic acids is 1. The second kappa shape index (κ2) is 3.10. The lowest BCUT2D eigenvalue weighted by Crippen LogP contribution is -2.05. The fourth-order valence-electron chi connectivity index (χ4n) is 1.47. The molecule has 2 aromatic rings. The van der Waals surface area contributed by atoms with Crippen LogP contribution in [0.5, 0.6) is 0 Å². The summed E-state index contributed by atoms with van der Waals surface area (Å²) in [7, 11) is 1.79. The highest BCUT2D eigenvalue weighted by Crippen LogP contribution is 2.14. The third-order valence-corrected chi connectivity index (χ3v) is 2.08. The molecule has 0 amide bonds. The Bertz CT molecular complexity index is 455. The van der Waals surface area contributed by atoms with Crippen molar-refractivity contribution in [2.24, 2.45) is 7.05 Å². The number of hydrogen-bond donors (Lipinski definition) is 0. The van der Waals surface area contributed by atoms with Gasteiger partial charge in [-0.1, -0.05) is 0 Å². The Morgan fingerprint density at radius 1 is 1.50 bits per heavy atom. The molecular formula is C9H10N4O. The highest BCUT2D eigenvalue weighted by atomic mass is 16.1. The molecule has 14 heavy (non-hydrogen) atoms. The van der Waals surface area contributed by atoms with E-state index >= 15 is 0 Å². The van der Waals surface area contributed by atoms with Gasteiger partial charge in [0.1, 0.15) is 0 Å². The first kappa shape index (κ1) is 8.68. The minimum Gasteiger partial charge on any atom is -0.298 e. The highest BCUT2D eigenvalue weighted by molar-refractivity contribution is 5.81. The molecule has 5 nitrogen and oxygen atoms in total. The number of aryl methyl sites for hydroxylation is 2. The molecule has 0 aliphatic rings. The van der Waals surface area contributed by atoms with Gasteiger partial charge in [0, 0.05) is 19.4 Å². The minimum atomic E-state index is 0.580. The van der Waals surface area contributed by atoms with E-state index in [-0.39, 0.29) is 0 Å². The molecule has 0 spiro atoms. The Hall–Kier alpha value is -1.91. The third-order valence-electron chi connectivity index (χ3n) is 2.08. The molecule has 2 aromatic heterocycles. The lowest BCUT2D eigenvalue weighted by atomic mass is 10.3. The summed E-state index contributed by atoms with van der Waals surface area (Å²) in [4.78, 5) is 10.9. The second-order valence-corrected chi connectivity index (χ2v) is 3.01. The number of hydrogen-bond acceptors (Lipinski definition) is 3. The van der Waals surface area contributed by atoms with Gasteiger partial charge in [0.05, 0.1) is 11.3 Å². The fourth-order valence-corrected chi connectivity index (χ4v) is 1.47. The summed E-state index contributed by atoms with van der Waals surface area (Å²) < 4.78 is 3.27. The van der Waals surface area contributed by atoms with Crippen molar-refractivity contribution in [3.05, 3.63) is 29.7 Å². The molecule has 2 heterocycles. The Labute approximate surface area is 81.0 Å². The van der Waals surface area contributed by atoms with Crippen LogP contribution in [-0.2, 0) is 7.05 Å². The number of aldehydes is 1. The summed E-state index contributed by atoms with van der Waals surface area (Å²) in [5.74, 6) is 0.697. The molecule has 0 atom stereocenters. The van der Waals surface area contributed by atoms with Crippen molar-refractivity contribution in [1.82, 2.24) is 19.6 Å². The normalized spacial score (nSPS) is 10.4. The average molecular weight is 190 g/mol. The van der Waals surface area contributed by atoms with Crippen molar-refractivity contribution in [3.63, 3.8) is 0 Å². The number of carbonyl (C=O) groups is 1. The number of nitrogens with zero attached hydrogens (tertiary/aromatic N) is 4. The van der Waals surface area contributed by atoms with E-state index in [0.717, 1.165) is 6.29 Å². The van der Waals surface area contributed by atoms with Crippen molar-refractivity contribution in [1.29, 1.82) is 0 Å². The molecule has 0 radical (unpaired) electrons. The van der Waals surface area contributed by atoms with Gasteiger partial charge in [0.2, 0.25) is 0 Å². The zero-order valence-corrected chi connectivity index (χ0v) is 8.01. The molecule has 0 N–H and O–H groups in total. The number of aromatic nitrogens is 4. The van der Waals surface area contributed by atoms with Crippen LogP contribution >= 0.6 is 0 Å². The molecule has 5 heteroatoms. The van der Waals surface area contributed by atoms with Gasteiger partial charge in [-0.05, 0) is 13.0 Å². The summed E-state index contributed by atoms with van der Waals surface area (Å²) in [6, 6.07) is 1.80. The molecule has 0 aliphatic heterocycles. The largest absolute Gasteiger partial charge is 0.298 e. The van der Waals surface area contributed by atoms with E-state index in [0.29, 0.717) is 17.1 Å². The van der Waals surface area contributed by atoms with Crippen LogP contribution in [0.3, 0.4) is 0 Å². The second-order valence-electron chi connectivity index (χ2n) is 3.01. The maximum atomic E-state index is 10.9. The summed E-state index contributed by atoms with van der Waals surface area (Å²) in [5, 5.41) is 8.23. The van der Waals surface area contributed by atoms with Gasteiger partial charge >= 0.3 is 0 Å². The summed E-state index contributed by atoms with van der Waals surface area (Å²) in [6.45, 7) is 1.80. The topological polar surface area (TPSA) is 52.7 Å². The molecule has 0 fully saturated rings. The molecule has 0 saturated carbocycles. The molecular weight excluding hydrogens is 180 g/mol. The molecule has 0 unspecified atom stereocenters. The van der Waals surface area contributed by atoms with Crippen molar-refractivity contribution >= 4 is 6.29 Å². The highest BCUT2D eigenvalue weighted by Gasteiger charge is 2.13. The van der Waals surface area contributed by atoms with Gasteiger partial charge in [-0.3, -0.25) is 9.48 Å². The Morgan fingerprint density at radius 2 is 2.29 bits per heavy atom. The van der Waals surface area contributed by atoms with Crippen LogP contribution < -0.4 is 0 Å². The van der Waals surface area contributed by atoms with E-state index in [4.69, 9.17) is 0 Å². The monoisotopic (exact) mass is 190 g/mol. The van der Waals surface area contributed by atoms with Crippen molar-refractivity contribution < 1.29 is 4.79 Å². The van der Waals surface area contributed by atoms with E-state index in [1.807, 2.05) is 0 Å². The van der Waals surface area contributed by atoms with Crippen LogP contribution in [0, 0.1) is 6.92 Å². The molecule has 0 saturated heterocycles. The van der Waals surface area contributed by atoms with E-state index in [9.17, 15) is 4.79 Å². The lowest BCUT2D eigenvalue weighted by Gasteiger charge is -2.01. The first-order valence-electron chi connectivity index (χ1n) is 4.23. The predicted octanol–water partition coefficient (Wildman–Crippen LogP) is 0.727. The quantitative estimate of drug-likeness (QED) is 0.656. The van der Waals surface area contributed by atoms with Crippen LogP contribution in [0.2, 0.25) is 0 Å². The smallest absolute Gasteiger partial charge is 0.162 e. The molecule has 72 valence electrons. The maximum Gasteiger partial charge on any atom is 0.162 e. The minimum absolute atomic E-state index is 0.580. The molecule has 2 rings (SSSR count). The van der Waals surface area contributed by atoms with Gasteiger partial charge in [-0.15, -0.1) is 0 Å². The average Bonchev–Trinajstić information content (AvgIpc) is 2.72.